The Kier molecular flexibility index (Phi) is 3.62. The van der Waals surface area contributed by atoms with Crippen molar-refractivity contribution in [2.45, 2.75) is 44.1 Å². The van der Waals surface area contributed by atoms with Crippen LogP contribution in [0.1, 0.15) is 54.1 Å². The third-order valence-electron chi connectivity index (χ3n) is 5.88. The van der Waals surface area contributed by atoms with E-state index in [1.54, 1.807) is 0 Å². The van der Waals surface area contributed by atoms with Gasteiger partial charge in [-0.05, 0) is 56.2 Å². The Labute approximate surface area is 152 Å². The zero-order chi connectivity index (χ0) is 17.7. The minimum Gasteiger partial charge on any atom is -0.365 e. The van der Waals surface area contributed by atoms with Crippen molar-refractivity contribution in [2.75, 3.05) is 22.9 Å². The van der Waals surface area contributed by atoms with Crippen LogP contribution in [0, 0.1) is 0 Å². The minimum absolute atomic E-state index is 0.0596. The Morgan fingerprint density at radius 2 is 1.85 bits per heavy atom. The molecule has 1 saturated carbocycles. The van der Waals surface area contributed by atoms with Gasteiger partial charge in [0.15, 0.2) is 0 Å². The zero-order valence-electron chi connectivity index (χ0n) is 14.8. The summed E-state index contributed by atoms with van der Waals surface area (Å²) in [6.07, 6.45) is 5.72. The number of carbonyl (C=O) groups is 1. The molecule has 1 N–H and O–H groups in total. The highest BCUT2D eigenvalue weighted by Crippen LogP contribution is 2.40. The number of nitrogens with zero attached hydrogens (tertiary/aromatic N) is 2. The molecule has 26 heavy (non-hydrogen) atoms. The normalized spacial score (nSPS) is 21.9. The molecular weight excluding hydrogens is 326 g/mol. The molecule has 3 aliphatic rings. The Bertz CT molecular complexity index is 915. The van der Waals surface area contributed by atoms with E-state index in [1.165, 1.54) is 18.9 Å². The summed E-state index contributed by atoms with van der Waals surface area (Å²) in [5.41, 5.74) is 3.34. The van der Waals surface area contributed by atoms with Gasteiger partial charge in [-0.3, -0.25) is 9.59 Å². The van der Waals surface area contributed by atoms with Crippen LogP contribution < -0.4 is 15.4 Å². The molecule has 1 saturated heterocycles. The molecule has 1 aromatic heterocycles. The first-order valence-electron chi connectivity index (χ1n) is 9.62. The van der Waals surface area contributed by atoms with Crippen LogP contribution in [0.4, 0.5) is 11.4 Å². The smallest absolute Gasteiger partial charge is 0.258 e. The van der Waals surface area contributed by atoms with Crippen molar-refractivity contribution in [3.8, 4) is 0 Å². The second-order valence-electron chi connectivity index (χ2n) is 7.71. The average Bonchev–Trinajstić information content (AvgIpc) is 3.52. The lowest BCUT2D eigenvalue weighted by atomic mass is 9.96. The van der Waals surface area contributed by atoms with Crippen molar-refractivity contribution < 1.29 is 4.79 Å². The van der Waals surface area contributed by atoms with Gasteiger partial charge in [-0.15, -0.1) is 0 Å². The SMILES string of the molecule is O=C(c1cc(C2CC2)[nH]c(=O)c1)N1CC2CCCCN2c2ccccc21. The Balaban J connectivity index is 1.55. The second-order valence-corrected chi connectivity index (χ2v) is 7.71. The second kappa shape index (κ2) is 6.01. The van der Waals surface area contributed by atoms with E-state index < -0.39 is 0 Å². The van der Waals surface area contributed by atoms with E-state index in [0.29, 0.717) is 24.1 Å². The van der Waals surface area contributed by atoms with Gasteiger partial charge < -0.3 is 14.8 Å². The van der Waals surface area contributed by atoms with Crippen LogP contribution in [0.25, 0.3) is 0 Å². The monoisotopic (exact) mass is 349 g/mol. The van der Waals surface area contributed by atoms with Crippen LogP contribution in [0.3, 0.4) is 0 Å². The number of piperidine rings is 1. The van der Waals surface area contributed by atoms with E-state index in [0.717, 1.165) is 42.9 Å². The van der Waals surface area contributed by atoms with E-state index in [-0.39, 0.29) is 11.5 Å². The molecule has 1 aromatic carbocycles. The largest absolute Gasteiger partial charge is 0.365 e. The molecule has 134 valence electrons. The number of aromatic nitrogens is 1. The van der Waals surface area contributed by atoms with Crippen LogP contribution in [0.2, 0.25) is 0 Å². The van der Waals surface area contributed by atoms with E-state index in [1.807, 2.05) is 29.2 Å². The number of aromatic amines is 1. The number of anilines is 2. The maximum absolute atomic E-state index is 13.3. The molecule has 0 radical (unpaired) electrons. The number of hydrogen-bond donors (Lipinski definition) is 1. The van der Waals surface area contributed by atoms with Crippen molar-refractivity contribution in [1.29, 1.82) is 0 Å². The van der Waals surface area contributed by atoms with Gasteiger partial charge in [-0.2, -0.15) is 0 Å². The predicted molar refractivity (Wildman–Crippen MR) is 102 cm³/mol. The lowest BCUT2D eigenvalue weighted by Crippen LogP contribution is -2.53. The summed E-state index contributed by atoms with van der Waals surface area (Å²) in [6.45, 7) is 1.75. The molecule has 1 unspecified atom stereocenters. The van der Waals surface area contributed by atoms with E-state index in [9.17, 15) is 9.59 Å². The van der Waals surface area contributed by atoms with Gasteiger partial charge in [0, 0.05) is 36.5 Å². The molecule has 0 bridgehead atoms. The standard InChI is InChI=1S/C21H23N3O2/c25-20-12-15(11-17(22-20)14-8-9-14)21(26)24-13-16-5-3-4-10-23(16)18-6-1-2-7-19(18)24/h1-2,6-7,11-12,14,16H,3-5,8-10,13H2,(H,22,25). The molecule has 5 rings (SSSR count). The highest BCUT2D eigenvalue weighted by atomic mass is 16.2. The van der Waals surface area contributed by atoms with E-state index in [4.69, 9.17) is 0 Å². The molecule has 2 aromatic rings. The first kappa shape index (κ1) is 15.7. The summed E-state index contributed by atoms with van der Waals surface area (Å²) in [5.74, 6) is 0.355. The fraction of sp³-hybridized carbons (Fsp3) is 0.429. The van der Waals surface area contributed by atoms with Crippen molar-refractivity contribution in [3.63, 3.8) is 0 Å². The number of benzene rings is 1. The molecule has 5 nitrogen and oxygen atoms in total. The molecule has 3 heterocycles. The summed E-state index contributed by atoms with van der Waals surface area (Å²) in [5, 5.41) is 0. The van der Waals surface area contributed by atoms with Crippen molar-refractivity contribution >= 4 is 17.3 Å². The molecule has 2 fully saturated rings. The molecule has 1 atom stereocenters. The minimum atomic E-state index is -0.178. The highest BCUT2D eigenvalue weighted by molar-refractivity contribution is 6.08. The summed E-state index contributed by atoms with van der Waals surface area (Å²) >= 11 is 0. The summed E-state index contributed by atoms with van der Waals surface area (Å²) < 4.78 is 0. The number of amides is 1. The van der Waals surface area contributed by atoms with Gasteiger partial charge in [0.25, 0.3) is 5.91 Å². The summed E-state index contributed by atoms with van der Waals surface area (Å²) in [6, 6.07) is 11.9. The van der Waals surface area contributed by atoms with Crippen molar-refractivity contribution in [2.24, 2.45) is 0 Å². The number of carbonyl (C=O) groups excluding carboxylic acids is 1. The number of pyridine rings is 1. The van der Waals surface area contributed by atoms with Crippen LogP contribution >= 0.6 is 0 Å². The molecule has 0 spiro atoms. The van der Waals surface area contributed by atoms with Gasteiger partial charge in [0.1, 0.15) is 0 Å². The third-order valence-corrected chi connectivity index (χ3v) is 5.88. The Hall–Kier alpha value is -2.56. The van der Waals surface area contributed by atoms with Crippen molar-refractivity contribution in [3.05, 3.63) is 58.0 Å². The van der Waals surface area contributed by atoms with Crippen LogP contribution in [-0.4, -0.2) is 30.0 Å². The van der Waals surface area contributed by atoms with Gasteiger partial charge in [-0.1, -0.05) is 12.1 Å². The van der Waals surface area contributed by atoms with Crippen LogP contribution in [-0.2, 0) is 0 Å². The molecule has 1 aliphatic carbocycles. The average molecular weight is 349 g/mol. The Morgan fingerprint density at radius 1 is 1.04 bits per heavy atom. The van der Waals surface area contributed by atoms with Gasteiger partial charge in [-0.25, -0.2) is 0 Å². The maximum Gasteiger partial charge on any atom is 0.258 e. The number of rotatable bonds is 2. The third kappa shape index (κ3) is 2.62. The Morgan fingerprint density at radius 3 is 2.65 bits per heavy atom. The lowest BCUT2D eigenvalue weighted by Gasteiger charge is -2.46. The van der Waals surface area contributed by atoms with Crippen molar-refractivity contribution in [1.82, 2.24) is 4.98 Å². The van der Waals surface area contributed by atoms with Gasteiger partial charge >= 0.3 is 0 Å². The summed E-state index contributed by atoms with van der Waals surface area (Å²) in [7, 11) is 0. The maximum atomic E-state index is 13.3. The van der Waals surface area contributed by atoms with E-state index in [2.05, 4.69) is 16.0 Å². The van der Waals surface area contributed by atoms with Crippen LogP contribution in [0.5, 0.6) is 0 Å². The molecule has 2 aliphatic heterocycles. The van der Waals surface area contributed by atoms with Gasteiger partial charge in [0.05, 0.1) is 11.4 Å². The number of H-pyrrole nitrogens is 1. The van der Waals surface area contributed by atoms with Gasteiger partial charge in [0.2, 0.25) is 5.56 Å². The predicted octanol–water partition coefficient (Wildman–Crippen LogP) is 3.27. The first-order chi connectivity index (χ1) is 12.7. The topological polar surface area (TPSA) is 56.4 Å². The number of para-hydroxylation sites is 2. The van der Waals surface area contributed by atoms with Crippen LogP contribution in [0.15, 0.2) is 41.2 Å². The molecule has 5 heteroatoms. The number of hydrogen-bond acceptors (Lipinski definition) is 3. The lowest BCUT2D eigenvalue weighted by molar-refractivity contribution is 0.0982. The fourth-order valence-electron chi connectivity index (χ4n) is 4.40. The summed E-state index contributed by atoms with van der Waals surface area (Å²) in [4.78, 5) is 32.6. The molecular formula is C21H23N3O2. The quantitative estimate of drug-likeness (QED) is 0.905. The molecule has 1 amide bonds. The fourth-order valence-corrected chi connectivity index (χ4v) is 4.40. The number of fused-ring (bicyclic) bond motifs is 3. The number of nitrogens with one attached hydrogen (secondary N) is 1. The highest BCUT2D eigenvalue weighted by Gasteiger charge is 2.35. The first-order valence-corrected chi connectivity index (χ1v) is 9.62. The van der Waals surface area contributed by atoms with E-state index >= 15 is 0 Å². The zero-order valence-corrected chi connectivity index (χ0v) is 14.8.